The van der Waals surface area contributed by atoms with Crippen molar-refractivity contribution in [2.24, 2.45) is 29.6 Å². The van der Waals surface area contributed by atoms with E-state index >= 15 is 0 Å². The molecule has 0 aliphatic heterocycles. The predicted octanol–water partition coefficient (Wildman–Crippen LogP) is 3.76. The van der Waals surface area contributed by atoms with Gasteiger partial charge in [-0.2, -0.15) is 0 Å². The molecule has 2 fully saturated rings. The van der Waals surface area contributed by atoms with E-state index in [0.29, 0.717) is 35.6 Å². The van der Waals surface area contributed by atoms with Gasteiger partial charge in [-0.3, -0.25) is 9.79 Å². The Hall–Kier alpha value is -2.95. The summed E-state index contributed by atoms with van der Waals surface area (Å²) in [6.45, 7) is 3.25. The molecule has 2 aromatic rings. The number of aliphatic imine (C=N–C) groups is 1. The number of hydrogen-bond donors (Lipinski definition) is 4. The maximum absolute atomic E-state index is 13.5. The molecule has 2 unspecified atom stereocenters. The minimum atomic E-state index is -1.13. The number of amides is 1. The number of nitrogens with one attached hydrogen (secondary N) is 1. The van der Waals surface area contributed by atoms with Crippen LogP contribution in [0.25, 0.3) is 0 Å². The summed E-state index contributed by atoms with van der Waals surface area (Å²) in [5.41, 5.74) is 5.81. The molecule has 0 bridgehead atoms. The van der Waals surface area contributed by atoms with Crippen molar-refractivity contribution in [1.29, 1.82) is 0 Å². The van der Waals surface area contributed by atoms with E-state index in [4.69, 9.17) is 22.1 Å². The Labute approximate surface area is 226 Å². The van der Waals surface area contributed by atoms with E-state index in [1.54, 1.807) is 38.8 Å². The van der Waals surface area contributed by atoms with Gasteiger partial charge in [0.15, 0.2) is 5.88 Å². The number of aromatic nitrogens is 2. The van der Waals surface area contributed by atoms with Crippen LogP contribution in [0.4, 0.5) is 10.1 Å². The van der Waals surface area contributed by atoms with Gasteiger partial charge in [-0.05, 0) is 69.6 Å². The van der Waals surface area contributed by atoms with Gasteiger partial charge in [0.05, 0.1) is 28.4 Å². The Kier molecular flexibility index (Phi) is 7.88. The van der Waals surface area contributed by atoms with Crippen molar-refractivity contribution in [3.63, 3.8) is 0 Å². The van der Waals surface area contributed by atoms with E-state index < -0.39 is 17.0 Å². The fourth-order valence-corrected chi connectivity index (χ4v) is 5.91. The molecular weight excluding hydrogens is 513 g/mol. The van der Waals surface area contributed by atoms with Gasteiger partial charge in [0, 0.05) is 31.8 Å². The lowest BCUT2D eigenvalue weighted by molar-refractivity contribution is 0.00238. The van der Waals surface area contributed by atoms with Crippen molar-refractivity contribution < 1.29 is 24.1 Å². The van der Waals surface area contributed by atoms with Gasteiger partial charge < -0.3 is 30.6 Å². The van der Waals surface area contributed by atoms with Crippen LogP contribution >= 0.6 is 11.6 Å². The van der Waals surface area contributed by atoms with Crippen LogP contribution in [0.1, 0.15) is 61.6 Å². The molecule has 1 amide bonds. The summed E-state index contributed by atoms with van der Waals surface area (Å²) < 4.78 is 20.6. The first-order chi connectivity index (χ1) is 17.8. The maximum atomic E-state index is 13.5. The van der Waals surface area contributed by atoms with Crippen molar-refractivity contribution >= 4 is 28.9 Å². The standard InChI is InChI=1S/C27H35ClFN5O4/c1-26(2,36)13-38-22(30)10-21(31-3)27(37)11-16-7-15(8-17(16)12-27)23-24(34(4)14-32-23)25(35)33-18-5-6-20(29)19(28)9-18/h5-6,9-10,14-17,36-37H,7-8,11-13,30H2,1-4H3,(H,33,35). The van der Waals surface area contributed by atoms with E-state index in [9.17, 15) is 19.4 Å². The summed E-state index contributed by atoms with van der Waals surface area (Å²) in [7, 11) is 3.37. The molecule has 2 atom stereocenters. The topological polar surface area (TPSA) is 135 Å². The number of halogens is 2. The fourth-order valence-electron chi connectivity index (χ4n) is 5.73. The van der Waals surface area contributed by atoms with E-state index in [0.717, 1.165) is 12.8 Å². The summed E-state index contributed by atoms with van der Waals surface area (Å²) in [6.07, 6.45) is 5.73. The van der Waals surface area contributed by atoms with Gasteiger partial charge in [-0.25, -0.2) is 9.37 Å². The van der Waals surface area contributed by atoms with E-state index in [-0.39, 0.29) is 41.2 Å². The van der Waals surface area contributed by atoms with Crippen molar-refractivity contribution in [2.75, 3.05) is 19.0 Å². The van der Waals surface area contributed by atoms with Crippen LogP contribution in [0, 0.1) is 17.7 Å². The van der Waals surface area contributed by atoms with Gasteiger partial charge >= 0.3 is 0 Å². The number of carbonyl (C=O) groups is 1. The van der Waals surface area contributed by atoms with Crippen molar-refractivity contribution in [3.05, 3.63) is 58.7 Å². The number of ether oxygens (including phenoxy) is 1. The predicted molar refractivity (Wildman–Crippen MR) is 144 cm³/mol. The maximum Gasteiger partial charge on any atom is 0.274 e. The summed E-state index contributed by atoms with van der Waals surface area (Å²) in [6, 6.07) is 4.03. The molecule has 38 heavy (non-hydrogen) atoms. The number of carbonyl (C=O) groups excluding carboxylic acids is 1. The van der Waals surface area contributed by atoms with Crippen molar-refractivity contribution in [2.45, 2.75) is 56.7 Å². The third kappa shape index (κ3) is 6.03. The quantitative estimate of drug-likeness (QED) is 0.293. The summed E-state index contributed by atoms with van der Waals surface area (Å²) >= 11 is 5.86. The number of aryl methyl sites for hydroxylation is 1. The highest BCUT2D eigenvalue weighted by Gasteiger charge is 2.51. The lowest BCUT2D eigenvalue weighted by Crippen LogP contribution is -2.36. The van der Waals surface area contributed by atoms with Crippen LogP contribution in [0.3, 0.4) is 0 Å². The van der Waals surface area contributed by atoms with Crippen molar-refractivity contribution in [1.82, 2.24) is 9.55 Å². The van der Waals surface area contributed by atoms with Gasteiger partial charge in [0.2, 0.25) is 0 Å². The molecule has 1 heterocycles. The zero-order valence-corrected chi connectivity index (χ0v) is 22.8. The Morgan fingerprint density at radius 3 is 2.63 bits per heavy atom. The van der Waals surface area contributed by atoms with Crippen LogP contribution in [-0.2, 0) is 11.8 Å². The molecule has 5 N–H and O–H groups in total. The Bertz CT molecular complexity index is 1250. The zero-order chi connectivity index (χ0) is 27.8. The molecule has 4 rings (SSSR count). The second kappa shape index (κ2) is 10.7. The number of imidazole rings is 1. The molecule has 0 radical (unpaired) electrons. The molecule has 1 aromatic heterocycles. The largest absolute Gasteiger partial charge is 0.476 e. The van der Waals surface area contributed by atoms with Crippen LogP contribution in [0.5, 0.6) is 0 Å². The Morgan fingerprint density at radius 1 is 1.39 bits per heavy atom. The first kappa shape index (κ1) is 28.1. The molecule has 2 aliphatic carbocycles. The molecule has 11 heteroatoms. The Morgan fingerprint density at radius 2 is 2.05 bits per heavy atom. The first-order valence-electron chi connectivity index (χ1n) is 12.6. The van der Waals surface area contributed by atoms with Gasteiger partial charge in [-0.15, -0.1) is 0 Å². The molecule has 9 nitrogen and oxygen atoms in total. The minimum Gasteiger partial charge on any atom is -0.476 e. The number of hydrogen-bond acceptors (Lipinski definition) is 7. The minimum absolute atomic E-state index is 0.0197. The number of rotatable bonds is 8. The SMILES string of the molecule is CN=C(C=C(N)OCC(C)(C)O)C1(O)CC2CC(c3ncn(C)c3C(=O)Nc3ccc(F)c(Cl)c3)CC2C1. The Balaban J connectivity index is 1.44. The smallest absolute Gasteiger partial charge is 0.274 e. The molecular formula is C27H35ClFN5O4. The summed E-state index contributed by atoms with van der Waals surface area (Å²) in [5, 5.41) is 24.1. The molecule has 206 valence electrons. The number of aliphatic hydroxyl groups is 2. The lowest BCUT2D eigenvalue weighted by atomic mass is 9.88. The summed E-state index contributed by atoms with van der Waals surface area (Å²) in [5.74, 6) is -0.304. The second-order valence-electron chi connectivity index (χ2n) is 11.1. The lowest BCUT2D eigenvalue weighted by Gasteiger charge is -2.25. The third-order valence-electron chi connectivity index (χ3n) is 7.37. The average Bonchev–Trinajstić information content (AvgIpc) is 3.49. The molecule has 1 aromatic carbocycles. The molecule has 0 saturated heterocycles. The van der Waals surface area contributed by atoms with Crippen LogP contribution < -0.4 is 11.1 Å². The van der Waals surface area contributed by atoms with Crippen LogP contribution in [-0.4, -0.2) is 56.2 Å². The zero-order valence-electron chi connectivity index (χ0n) is 22.0. The normalized spacial score (nSPS) is 25.9. The van der Waals surface area contributed by atoms with Crippen LogP contribution in [0.15, 0.2) is 41.5 Å². The van der Waals surface area contributed by atoms with Crippen LogP contribution in [0.2, 0.25) is 5.02 Å². The van der Waals surface area contributed by atoms with E-state index in [2.05, 4.69) is 15.3 Å². The first-order valence-corrected chi connectivity index (χ1v) is 13.0. The molecule has 2 saturated carbocycles. The number of benzene rings is 1. The van der Waals surface area contributed by atoms with Gasteiger partial charge in [-0.1, -0.05) is 11.6 Å². The number of anilines is 1. The number of nitrogens with zero attached hydrogens (tertiary/aromatic N) is 3. The number of nitrogens with two attached hydrogens (primary N) is 1. The molecule has 2 aliphatic rings. The average molecular weight is 548 g/mol. The highest BCUT2D eigenvalue weighted by Crippen LogP contribution is 2.54. The van der Waals surface area contributed by atoms with Gasteiger partial charge in [0.25, 0.3) is 5.91 Å². The van der Waals surface area contributed by atoms with E-state index in [1.165, 1.54) is 24.3 Å². The van der Waals surface area contributed by atoms with E-state index in [1.807, 2.05) is 0 Å². The van der Waals surface area contributed by atoms with Gasteiger partial charge in [0.1, 0.15) is 23.7 Å². The number of fused-ring (bicyclic) bond motifs is 1. The fraction of sp³-hybridized carbons (Fsp3) is 0.519. The molecule has 0 spiro atoms. The second-order valence-corrected chi connectivity index (χ2v) is 11.5. The van der Waals surface area contributed by atoms with Crippen molar-refractivity contribution in [3.8, 4) is 0 Å². The third-order valence-corrected chi connectivity index (χ3v) is 7.66. The monoisotopic (exact) mass is 547 g/mol. The summed E-state index contributed by atoms with van der Waals surface area (Å²) in [4.78, 5) is 22.0. The highest BCUT2D eigenvalue weighted by atomic mass is 35.5. The highest BCUT2D eigenvalue weighted by molar-refractivity contribution is 6.31.